The van der Waals surface area contributed by atoms with E-state index in [4.69, 9.17) is 14.2 Å². The number of carbonyl (C=O) groups excluding carboxylic acids is 6. The highest BCUT2D eigenvalue weighted by molar-refractivity contribution is 7.29. The molecule has 241 valence electrons. The predicted molar refractivity (Wildman–Crippen MR) is 159 cm³/mol. The zero-order chi connectivity index (χ0) is 32.5. The van der Waals surface area contributed by atoms with Crippen molar-refractivity contribution in [1.29, 1.82) is 0 Å². The lowest BCUT2D eigenvalue weighted by atomic mass is 9.36. The Hall–Kier alpha value is -3.12. The Balaban J connectivity index is 1.97. The summed E-state index contributed by atoms with van der Waals surface area (Å²) in [5.74, 6) is 0. The summed E-state index contributed by atoms with van der Waals surface area (Å²) in [6, 6.07) is -3.17. The number of likely N-dealkylation sites (tertiary alicyclic amines) is 3. The van der Waals surface area contributed by atoms with Gasteiger partial charge in [-0.05, 0) is 118 Å². The lowest BCUT2D eigenvalue weighted by Crippen LogP contribution is -2.62. The molecule has 3 aliphatic rings. The molecule has 3 aliphatic heterocycles. The van der Waals surface area contributed by atoms with E-state index in [0.717, 1.165) is 0 Å². The minimum Gasteiger partial charge on any atom is -0.444 e. The van der Waals surface area contributed by atoms with Gasteiger partial charge in [0.1, 0.15) is 23.5 Å². The van der Waals surface area contributed by atoms with Crippen molar-refractivity contribution < 1.29 is 43.0 Å². The number of nitrogens with zero attached hydrogens (tertiary/aromatic N) is 3. The zero-order valence-electron chi connectivity index (χ0n) is 27.2. The molecule has 12 nitrogen and oxygen atoms in total. The third-order valence-corrected chi connectivity index (χ3v) is 7.48. The van der Waals surface area contributed by atoms with E-state index in [1.54, 1.807) is 62.3 Å². The lowest BCUT2D eigenvalue weighted by molar-refractivity contribution is -0.123. The van der Waals surface area contributed by atoms with E-state index in [9.17, 15) is 28.8 Å². The molecule has 0 spiro atoms. The highest BCUT2D eigenvalue weighted by atomic mass is 16.6. The van der Waals surface area contributed by atoms with Crippen molar-refractivity contribution in [1.82, 2.24) is 14.7 Å². The maximum Gasteiger partial charge on any atom is 0.410 e. The monoisotopic (exact) mass is 605 g/mol. The first-order valence-corrected chi connectivity index (χ1v) is 15.3. The quantitative estimate of drug-likeness (QED) is 0.325. The van der Waals surface area contributed by atoms with E-state index < -0.39 is 77.0 Å². The maximum absolute atomic E-state index is 14.3. The van der Waals surface area contributed by atoms with Gasteiger partial charge in [-0.2, -0.15) is 0 Å². The first kappa shape index (κ1) is 34.4. The minimum atomic E-state index is -1.78. The van der Waals surface area contributed by atoms with Gasteiger partial charge >= 0.3 is 18.3 Å². The van der Waals surface area contributed by atoms with Crippen molar-refractivity contribution in [2.45, 2.75) is 136 Å². The van der Waals surface area contributed by atoms with Crippen LogP contribution in [0, 0.1) is 0 Å². The molecule has 0 unspecified atom stereocenters. The number of hydrogen-bond acceptors (Lipinski definition) is 9. The Morgan fingerprint density at radius 2 is 0.721 bits per heavy atom. The van der Waals surface area contributed by atoms with Gasteiger partial charge in [-0.3, -0.25) is 0 Å². The van der Waals surface area contributed by atoms with Gasteiger partial charge in [-0.25, -0.2) is 14.4 Å². The highest BCUT2D eigenvalue weighted by Gasteiger charge is 2.45. The number of rotatable bonds is 6. The Bertz CT molecular complexity index is 983. The van der Waals surface area contributed by atoms with Crippen molar-refractivity contribution in [2.24, 2.45) is 0 Å². The first-order valence-electron chi connectivity index (χ1n) is 15.3. The summed E-state index contributed by atoms with van der Waals surface area (Å²) in [6.45, 7) is 14.3. The molecule has 0 bridgehead atoms. The molecule has 3 saturated heterocycles. The fraction of sp³-hybridized carbons (Fsp3) is 0.800. The summed E-state index contributed by atoms with van der Waals surface area (Å²) in [5, 5.41) is 0. The summed E-state index contributed by atoms with van der Waals surface area (Å²) in [4.78, 5) is 85.8. The predicted octanol–water partition coefficient (Wildman–Crippen LogP) is 4.00. The second kappa shape index (κ2) is 12.9. The van der Waals surface area contributed by atoms with Gasteiger partial charge in [0, 0.05) is 19.6 Å². The van der Waals surface area contributed by atoms with Crippen LogP contribution in [0.3, 0.4) is 0 Å². The number of carbonyl (C=O) groups is 6. The molecule has 43 heavy (non-hydrogen) atoms. The van der Waals surface area contributed by atoms with Gasteiger partial charge in [-0.15, -0.1) is 0 Å². The second-order valence-electron chi connectivity index (χ2n) is 14.6. The molecular weight excluding hydrogens is 557 g/mol. The van der Waals surface area contributed by atoms with Crippen LogP contribution in [0.1, 0.15) is 101 Å². The van der Waals surface area contributed by atoms with Crippen LogP contribution in [0.25, 0.3) is 0 Å². The van der Waals surface area contributed by atoms with Crippen molar-refractivity contribution in [3.63, 3.8) is 0 Å². The number of amides is 3. The van der Waals surface area contributed by atoms with Crippen LogP contribution in [0.4, 0.5) is 14.4 Å². The largest absolute Gasteiger partial charge is 0.444 e. The SMILES string of the molecule is CC(C)(C)OC(=O)N1CCC[C@H]1C(=O)[B-](C(=O)[C@@H]1CCCN1C(=O)OC(C)(C)C)C(=O)[C@@H]1CCCN1C(=O)OC(C)(C)C. The standard InChI is InChI=1S/C30H48BN3O9/c1-28(2,3)41-25(38)32-16-10-13-19(32)22(35)31(23(36)20-14-11-17-33(20)26(39)42-29(4,5)6)24(37)21-15-12-18-34(21)27(40)43-30(7,8)9/h19-21H,10-18H2,1-9H3/q-1/t19-,20-,21-/m0/s1. The van der Waals surface area contributed by atoms with Gasteiger partial charge in [0.2, 0.25) is 0 Å². The molecule has 0 aromatic rings. The van der Waals surface area contributed by atoms with Crippen molar-refractivity contribution >= 4 is 42.0 Å². The minimum absolute atomic E-state index is 0.237. The number of hydrogen-bond donors (Lipinski definition) is 0. The summed E-state index contributed by atoms with van der Waals surface area (Å²) < 4.78 is 16.6. The van der Waals surface area contributed by atoms with E-state index in [0.29, 0.717) is 19.3 Å². The summed E-state index contributed by atoms with van der Waals surface area (Å²) in [6.07, 6.45) is 0.156. The fourth-order valence-corrected chi connectivity index (χ4v) is 5.80. The molecule has 3 atom stereocenters. The van der Waals surface area contributed by atoms with Gasteiger partial charge in [0.15, 0.2) is 0 Å². The van der Waals surface area contributed by atoms with Crippen LogP contribution in [-0.2, 0) is 28.6 Å². The average molecular weight is 606 g/mol. The lowest BCUT2D eigenvalue weighted by Gasteiger charge is -2.39. The summed E-state index contributed by atoms with van der Waals surface area (Å²) >= 11 is 0. The van der Waals surface area contributed by atoms with E-state index in [1.807, 2.05) is 0 Å². The van der Waals surface area contributed by atoms with Crippen molar-refractivity contribution in [2.75, 3.05) is 19.6 Å². The normalized spacial score (nSPS) is 23.0. The van der Waals surface area contributed by atoms with Crippen LogP contribution in [0.2, 0.25) is 0 Å². The molecule has 0 aliphatic carbocycles. The average Bonchev–Trinajstić information content (AvgIpc) is 3.61. The zero-order valence-corrected chi connectivity index (χ0v) is 27.2. The van der Waals surface area contributed by atoms with Crippen molar-refractivity contribution in [3.8, 4) is 0 Å². The number of ether oxygens (including phenoxy) is 3. The van der Waals surface area contributed by atoms with E-state index in [2.05, 4.69) is 0 Å². The molecule has 3 rings (SSSR count). The third kappa shape index (κ3) is 8.72. The molecular formula is C30H48BN3O9-. The summed E-state index contributed by atoms with van der Waals surface area (Å²) in [7, 11) is 0. The fourth-order valence-electron chi connectivity index (χ4n) is 5.80. The topological polar surface area (TPSA) is 140 Å². The van der Waals surface area contributed by atoms with Gasteiger partial charge in [0.05, 0.1) is 18.1 Å². The van der Waals surface area contributed by atoms with Gasteiger partial charge in [0.25, 0.3) is 0 Å². The Morgan fingerprint density at radius 3 is 0.930 bits per heavy atom. The molecule has 3 amide bonds. The van der Waals surface area contributed by atoms with Gasteiger partial charge < -0.3 is 43.3 Å². The second-order valence-corrected chi connectivity index (χ2v) is 14.6. The van der Waals surface area contributed by atoms with Crippen molar-refractivity contribution in [3.05, 3.63) is 0 Å². The molecule has 0 N–H and O–H groups in total. The molecule has 3 heterocycles. The van der Waals surface area contributed by atoms with E-state index in [1.165, 1.54) is 14.7 Å². The Kier molecular flexibility index (Phi) is 10.3. The van der Waals surface area contributed by atoms with Crippen LogP contribution in [-0.4, -0.2) is 111 Å². The van der Waals surface area contributed by atoms with Crippen LogP contribution in [0.15, 0.2) is 0 Å². The Morgan fingerprint density at radius 1 is 0.488 bits per heavy atom. The molecule has 13 heteroatoms. The van der Waals surface area contributed by atoms with Crippen LogP contribution < -0.4 is 0 Å². The Labute approximate surface area is 255 Å². The molecule has 0 aromatic carbocycles. The summed E-state index contributed by atoms with van der Waals surface area (Å²) in [5.41, 5.74) is -4.59. The molecule has 3 fully saturated rings. The maximum atomic E-state index is 14.3. The van der Waals surface area contributed by atoms with E-state index >= 15 is 0 Å². The van der Waals surface area contributed by atoms with Gasteiger partial charge in [-0.1, -0.05) is 0 Å². The molecule has 0 saturated carbocycles. The first-order chi connectivity index (χ1) is 19.7. The molecule has 1 radical (unpaired) electrons. The highest BCUT2D eigenvalue weighted by Crippen LogP contribution is 2.29. The third-order valence-electron chi connectivity index (χ3n) is 7.48. The van der Waals surface area contributed by atoms with Crippen LogP contribution >= 0.6 is 0 Å². The molecule has 0 aromatic heterocycles. The van der Waals surface area contributed by atoms with Crippen LogP contribution in [0.5, 0.6) is 0 Å². The van der Waals surface area contributed by atoms with E-state index in [-0.39, 0.29) is 38.9 Å². The smallest absolute Gasteiger partial charge is 0.410 e.